The lowest BCUT2D eigenvalue weighted by molar-refractivity contribution is -0.141. The number of hydrogen-bond donors (Lipinski definition) is 2. The Labute approximate surface area is 144 Å². The van der Waals surface area contributed by atoms with Gasteiger partial charge in [-0.15, -0.1) is 0 Å². The molecule has 4 heteroatoms. The molecule has 0 aliphatic heterocycles. The number of nitrogens with one attached hydrogen (secondary N) is 1. The molecule has 0 radical (unpaired) electrons. The second-order valence-electron chi connectivity index (χ2n) is 6.48. The van der Waals surface area contributed by atoms with E-state index in [1.165, 1.54) is 0 Å². The first-order valence-electron chi connectivity index (χ1n) is 8.36. The zero-order valence-corrected chi connectivity index (χ0v) is 14.4. The van der Waals surface area contributed by atoms with Crippen LogP contribution in [0.1, 0.15) is 31.4 Å². The van der Waals surface area contributed by atoms with E-state index in [1.807, 2.05) is 55.3 Å². The highest BCUT2D eigenvalue weighted by molar-refractivity contribution is 5.73. The summed E-state index contributed by atoms with van der Waals surface area (Å²) in [6, 6.07) is 19.6. The third-order valence-electron chi connectivity index (χ3n) is 3.78. The Kier molecular flexibility index (Phi) is 6.97. The topological polar surface area (TPSA) is 52.6 Å². The van der Waals surface area contributed by atoms with Gasteiger partial charge in [-0.25, -0.2) is 10.4 Å². The maximum atomic E-state index is 11.6. The smallest absolute Gasteiger partial charge is 0.322 e. The fraction of sp³-hybridized carbons (Fsp3) is 0.350. The molecule has 0 aliphatic rings. The Morgan fingerprint density at radius 1 is 0.958 bits per heavy atom. The minimum Gasteiger partial charge on any atom is -0.480 e. The minimum atomic E-state index is -0.810. The Morgan fingerprint density at radius 2 is 1.42 bits per heavy atom. The largest absolute Gasteiger partial charge is 0.480 e. The Hall–Kier alpha value is -2.17. The van der Waals surface area contributed by atoms with E-state index in [0.717, 1.165) is 11.1 Å². The molecule has 2 aromatic rings. The van der Waals surface area contributed by atoms with Crippen molar-refractivity contribution in [3.8, 4) is 0 Å². The number of hydrazine groups is 1. The molecule has 0 saturated carbocycles. The Balaban J connectivity index is 2.13. The van der Waals surface area contributed by atoms with Crippen LogP contribution >= 0.6 is 0 Å². The number of aliphatic carboxylic acids is 1. The highest BCUT2D eigenvalue weighted by Crippen LogP contribution is 2.11. The number of benzene rings is 2. The minimum absolute atomic E-state index is 0.314. The van der Waals surface area contributed by atoms with Crippen molar-refractivity contribution in [2.45, 2.75) is 39.4 Å². The number of rotatable bonds is 9. The van der Waals surface area contributed by atoms with Crippen LogP contribution in [0.25, 0.3) is 0 Å². The molecule has 0 fully saturated rings. The van der Waals surface area contributed by atoms with Crippen LogP contribution in [0.5, 0.6) is 0 Å². The standard InChI is InChI=1S/C20H26N2O2/c1-16(2)13-19(20(23)24)21-22(14-17-9-5-3-6-10-17)15-18-11-7-4-8-12-18/h3-12,16,19,21H,13-15H2,1-2H3,(H,23,24)/t19-/m0/s1. The molecule has 2 N–H and O–H groups in total. The summed E-state index contributed by atoms with van der Waals surface area (Å²) in [5, 5.41) is 11.5. The van der Waals surface area contributed by atoms with Crippen molar-refractivity contribution >= 4 is 5.97 Å². The van der Waals surface area contributed by atoms with Gasteiger partial charge in [0.2, 0.25) is 0 Å². The summed E-state index contributed by atoms with van der Waals surface area (Å²) in [7, 11) is 0. The van der Waals surface area contributed by atoms with Gasteiger partial charge in [-0.3, -0.25) is 4.79 Å². The first-order valence-corrected chi connectivity index (χ1v) is 8.36. The maximum Gasteiger partial charge on any atom is 0.322 e. The summed E-state index contributed by atoms with van der Waals surface area (Å²) in [5.74, 6) is -0.497. The van der Waals surface area contributed by atoms with Crippen LogP contribution in [0.3, 0.4) is 0 Å². The van der Waals surface area contributed by atoms with Gasteiger partial charge >= 0.3 is 5.97 Å². The quantitative estimate of drug-likeness (QED) is 0.690. The third kappa shape index (κ3) is 6.14. The van der Waals surface area contributed by atoms with E-state index in [1.54, 1.807) is 0 Å². The van der Waals surface area contributed by atoms with Crippen LogP contribution in [-0.2, 0) is 17.9 Å². The van der Waals surface area contributed by atoms with E-state index in [-0.39, 0.29) is 0 Å². The molecule has 0 aromatic heterocycles. The first-order chi connectivity index (χ1) is 11.5. The van der Waals surface area contributed by atoms with Crippen molar-refractivity contribution < 1.29 is 9.90 Å². The van der Waals surface area contributed by atoms with Crippen LogP contribution in [0.2, 0.25) is 0 Å². The number of hydrogen-bond acceptors (Lipinski definition) is 3. The normalized spacial score (nSPS) is 12.5. The lowest BCUT2D eigenvalue weighted by Crippen LogP contribution is -2.48. The van der Waals surface area contributed by atoms with Gasteiger partial charge in [0.25, 0.3) is 0 Å². The van der Waals surface area contributed by atoms with E-state index in [0.29, 0.717) is 25.4 Å². The van der Waals surface area contributed by atoms with Gasteiger partial charge in [0.05, 0.1) is 0 Å². The van der Waals surface area contributed by atoms with E-state index in [9.17, 15) is 9.90 Å². The molecule has 0 amide bonds. The van der Waals surface area contributed by atoms with Gasteiger partial charge in [-0.2, -0.15) is 0 Å². The molecule has 128 valence electrons. The second kappa shape index (κ2) is 9.21. The molecular weight excluding hydrogens is 300 g/mol. The zero-order chi connectivity index (χ0) is 17.4. The lowest BCUT2D eigenvalue weighted by Gasteiger charge is -2.28. The molecule has 24 heavy (non-hydrogen) atoms. The molecule has 2 aromatic carbocycles. The van der Waals surface area contributed by atoms with E-state index < -0.39 is 12.0 Å². The SMILES string of the molecule is CC(C)C[C@H](NN(Cc1ccccc1)Cc1ccccc1)C(=O)O. The summed E-state index contributed by atoms with van der Waals surface area (Å²) in [6.07, 6.45) is 0.593. The van der Waals surface area contributed by atoms with E-state index in [4.69, 9.17) is 0 Å². The lowest BCUT2D eigenvalue weighted by atomic mass is 10.0. The van der Waals surface area contributed by atoms with Crippen molar-refractivity contribution in [2.75, 3.05) is 0 Å². The fourth-order valence-electron chi connectivity index (χ4n) is 2.66. The van der Waals surface area contributed by atoms with Gasteiger partial charge in [0, 0.05) is 13.1 Å². The number of carboxylic acids is 1. The summed E-state index contributed by atoms with van der Waals surface area (Å²) < 4.78 is 0. The van der Waals surface area contributed by atoms with E-state index >= 15 is 0 Å². The van der Waals surface area contributed by atoms with Crippen molar-refractivity contribution in [1.29, 1.82) is 0 Å². The van der Waals surface area contributed by atoms with Crippen LogP contribution in [-0.4, -0.2) is 22.1 Å². The summed E-state index contributed by atoms with van der Waals surface area (Å²) in [5.41, 5.74) is 5.51. The highest BCUT2D eigenvalue weighted by atomic mass is 16.4. The van der Waals surface area contributed by atoms with Gasteiger partial charge < -0.3 is 5.11 Å². The van der Waals surface area contributed by atoms with Crippen molar-refractivity contribution in [2.24, 2.45) is 5.92 Å². The summed E-state index contributed by atoms with van der Waals surface area (Å²) >= 11 is 0. The van der Waals surface area contributed by atoms with Crippen LogP contribution in [0.4, 0.5) is 0 Å². The molecule has 1 atom stereocenters. The molecule has 0 spiro atoms. The molecule has 4 nitrogen and oxygen atoms in total. The third-order valence-corrected chi connectivity index (χ3v) is 3.78. The molecule has 0 unspecified atom stereocenters. The Bertz CT molecular complexity index is 573. The fourth-order valence-corrected chi connectivity index (χ4v) is 2.66. The summed E-state index contributed by atoms with van der Waals surface area (Å²) in [6.45, 7) is 5.38. The molecular formula is C20H26N2O2. The van der Waals surface area contributed by atoms with Gasteiger partial charge in [0.15, 0.2) is 0 Å². The first kappa shape index (κ1) is 18.2. The number of carboxylic acid groups (broad SMARTS) is 1. The molecule has 0 saturated heterocycles. The van der Waals surface area contributed by atoms with Crippen LogP contribution in [0, 0.1) is 5.92 Å². The second-order valence-corrected chi connectivity index (χ2v) is 6.48. The van der Waals surface area contributed by atoms with Crippen molar-refractivity contribution in [3.05, 3.63) is 71.8 Å². The highest BCUT2D eigenvalue weighted by Gasteiger charge is 2.21. The molecule has 0 bridgehead atoms. The predicted molar refractivity (Wildman–Crippen MR) is 96.1 cm³/mol. The summed E-state index contributed by atoms with van der Waals surface area (Å²) in [4.78, 5) is 11.6. The van der Waals surface area contributed by atoms with Gasteiger partial charge in [0.1, 0.15) is 6.04 Å². The van der Waals surface area contributed by atoms with Crippen LogP contribution < -0.4 is 5.43 Å². The molecule has 0 heterocycles. The average Bonchev–Trinajstić information content (AvgIpc) is 2.55. The van der Waals surface area contributed by atoms with E-state index in [2.05, 4.69) is 29.7 Å². The van der Waals surface area contributed by atoms with Gasteiger partial charge in [-0.05, 0) is 23.5 Å². The number of carbonyl (C=O) groups is 1. The predicted octanol–water partition coefficient (Wildman–Crippen LogP) is 3.69. The van der Waals surface area contributed by atoms with Crippen LogP contribution in [0.15, 0.2) is 60.7 Å². The van der Waals surface area contributed by atoms with Crippen molar-refractivity contribution in [3.63, 3.8) is 0 Å². The van der Waals surface area contributed by atoms with Crippen molar-refractivity contribution in [1.82, 2.24) is 10.4 Å². The molecule has 2 rings (SSSR count). The Morgan fingerprint density at radius 3 is 1.79 bits per heavy atom. The average molecular weight is 326 g/mol. The zero-order valence-electron chi connectivity index (χ0n) is 14.4. The maximum absolute atomic E-state index is 11.6. The van der Waals surface area contributed by atoms with Gasteiger partial charge in [-0.1, -0.05) is 74.5 Å². The molecule has 0 aliphatic carbocycles. The number of nitrogens with zero attached hydrogens (tertiary/aromatic N) is 1. The monoisotopic (exact) mass is 326 g/mol.